The van der Waals surface area contributed by atoms with Crippen molar-refractivity contribution >= 4 is 40.7 Å². The van der Waals surface area contributed by atoms with E-state index in [-0.39, 0.29) is 23.8 Å². The normalized spacial score (nSPS) is 15.9. The number of alkyl halides is 3. The number of nitro groups is 1. The lowest BCUT2D eigenvalue weighted by atomic mass is 10.2. The summed E-state index contributed by atoms with van der Waals surface area (Å²) in [6, 6.07) is 2.28. The lowest BCUT2D eigenvalue weighted by molar-refractivity contribution is -0.384. The summed E-state index contributed by atoms with van der Waals surface area (Å²) < 4.78 is 57.2. The Balaban J connectivity index is 1.64. The van der Waals surface area contributed by atoms with E-state index in [1.807, 2.05) is 0 Å². The van der Waals surface area contributed by atoms with Crippen LogP contribution < -0.4 is 10.2 Å². The molecular weight excluding hydrogens is 476 g/mol. The molecule has 1 atom stereocenters. The van der Waals surface area contributed by atoms with Gasteiger partial charge in [-0.05, 0) is 25.0 Å². The second-order valence-electron chi connectivity index (χ2n) is 6.96. The van der Waals surface area contributed by atoms with Gasteiger partial charge in [0.15, 0.2) is 6.61 Å². The van der Waals surface area contributed by atoms with Crippen LogP contribution in [-0.2, 0) is 20.5 Å². The summed E-state index contributed by atoms with van der Waals surface area (Å²) in [4.78, 5) is 39.6. The van der Waals surface area contributed by atoms with Gasteiger partial charge in [-0.2, -0.15) is 13.2 Å². The number of nitrogens with one attached hydrogen (secondary N) is 1. The molecule has 0 spiro atoms. The highest BCUT2D eigenvalue weighted by molar-refractivity contribution is 6.33. The number of nitro benzene ring substituents is 1. The van der Waals surface area contributed by atoms with Crippen LogP contribution in [0.25, 0.3) is 0 Å². The maximum atomic E-state index is 13.8. The number of carbonyl (C=O) groups excluding carboxylic acids is 2. The first kappa shape index (κ1) is 24.2. The largest absolute Gasteiger partial charge is 0.454 e. The van der Waals surface area contributed by atoms with E-state index >= 15 is 0 Å². The highest BCUT2D eigenvalue weighted by atomic mass is 35.5. The van der Waals surface area contributed by atoms with Crippen LogP contribution in [-0.4, -0.2) is 41.0 Å². The summed E-state index contributed by atoms with van der Waals surface area (Å²) in [5.74, 6) is -2.77. The molecule has 14 heteroatoms. The number of anilines is 2. The van der Waals surface area contributed by atoms with E-state index < -0.39 is 58.4 Å². The minimum Gasteiger partial charge on any atom is -0.454 e. The van der Waals surface area contributed by atoms with Crippen LogP contribution in [0.3, 0.4) is 0 Å². The molecule has 1 fully saturated rings. The number of pyridine rings is 1. The smallest absolute Gasteiger partial charge is 0.417 e. The maximum Gasteiger partial charge on any atom is 0.417 e. The Hall–Kier alpha value is -3.48. The Bertz CT molecular complexity index is 1100. The number of carbonyl (C=O) groups is 2. The number of amides is 1. The third-order valence-corrected chi connectivity index (χ3v) is 5.00. The van der Waals surface area contributed by atoms with E-state index in [1.165, 1.54) is 4.90 Å². The fourth-order valence-corrected chi connectivity index (χ4v) is 3.48. The molecule has 1 N–H and O–H groups in total. The van der Waals surface area contributed by atoms with Gasteiger partial charge in [-0.1, -0.05) is 11.6 Å². The molecule has 1 saturated heterocycles. The summed E-state index contributed by atoms with van der Waals surface area (Å²) >= 11 is 5.95. The molecule has 9 nitrogen and oxygen atoms in total. The van der Waals surface area contributed by atoms with Crippen LogP contribution >= 0.6 is 11.6 Å². The highest BCUT2D eigenvalue weighted by Crippen LogP contribution is 2.35. The quantitative estimate of drug-likeness (QED) is 0.282. The van der Waals surface area contributed by atoms with Crippen LogP contribution in [0.2, 0.25) is 5.02 Å². The van der Waals surface area contributed by atoms with Crippen molar-refractivity contribution < 1.29 is 36.8 Å². The number of hydrogen-bond donors (Lipinski definition) is 1. The van der Waals surface area contributed by atoms with Gasteiger partial charge >= 0.3 is 12.1 Å². The molecule has 0 bridgehead atoms. The number of aromatic nitrogens is 1. The summed E-state index contributed by atoms with van der Waals surface area (Å²) in [6.07, 6.45) is -3.27. The van der Waals surface area contributed by atoms with E-state index in [0.717, 1.165) is 18.2 Å². The predicted octanol–water partition coefficient (Wildman–Crippen LogP) is 3.95. The van der Waals surface area contributed by atoms with Gasteiger partial charge in [-0.25, -0.2) is 14.2 Å². The fraction of sp³-hybridized carbons (Fsp3) is 0.316. The molecule has 0 unspecified atom stereocenters. The number of esters is 1. The third kappa shape index (κ3) is 5.66. The minimum absolute atomic E-state index is 0.0350. The predicted molar refractivity (Wildman–Crippen MR) is 107 cm³/mol. The van der Waals surface area contributed by atoms with Gasteiger partial charge < -0.3 is 15.0 Å². The van der Waals surface area contributed by atoms with E-state index in [9.17, 15) is 37.3 Å². The molecule has 3 rings (SSSR count). The zero-order valence-electron chi connectivity index (χ0n) is 16.6. The second kappa shape index (κ2) is 9.57. The Morgan fingerprint density at radius 3 is 2.70 bits per heavy atom. The molecular formula is C19H15ClF4N4O5. The number of non-ortho nitro benzene ring substituents is 1. The second-order valence-corrected chi connectivity index (χ2v) is 7.36. The SMILES string of the molecule is O=C(COC(=O)[C@H]1CCCN1c1ncc(C(F)(F)F)cc1Cl)Nc1cc([N+](=O)[O-])ccc1F. The topological polar surface area (TPSA) is 115 Å². The number of hydrogen-bond acceptors (Lipinski definition) is 7. The van der Waals surface area contributed by atoms with Crippen LogP contribution in [0.15, 0.2) is 30.5 Å². The average Bonchev–Trinajstić information content (AvgIpc) is 3.22. The standard InChI is InChI=1S/C19H15ClF4N4O5/c20-12-6-10(19(22,23)24)8-25-17(12)27-5-1-2-15(27)18(30)33-9-16(29)26-14-7-11(28(31)32)3-4-13(14)21/h3-4,6-8,15H,1-2,5,9H2,(H,26,29)/t15-/m1/s1. The molecule has 1 aliphatic rings. The fourth-order valence-electron chi connectivity index (χ4n) is 3.20. The first-order valence-electron chi connectivity index (χ1n) is 9.37. The van der Waals surface area contributed by atoms with Crippen molar-refractivity contribution in [3.05, 3.63) is 57.0 Å². The van der Waals surface area contributed by atoms with Gasteiger partial charge in [-0.15, -0.1) is 0 Å². The van der Waals surface area contributed by atoms with Crippen LogP contribution in [0.1, 0.15) is 18.4 Å². The zero-order chi connectivity index (χ0) is 24.3. The molecule has 176 valence electrons. The number of halogens is 5. The summed E-state index contributed by atoms with van der Waals surface area (Å²) in [5.41, 5.74) is -1.96. The Kier molecular flexibility index (Phi) is 7.01. The first-order valence-corrected chi connectivity index (χ1v) is 9.75. The summed E-state index contributed by atoms with van der Waals surface area (Å²) in [5, 5.41) is 12.5. The summed E-state index contributed by atoms with van der Waals surface area (Å²) in [6.45, 7) is -0.553. The maximum absolute atomic E-state index is 13.8. The molecule has 0 saturated carbocycles. The van der Waals surface area contributed by atoms with Crippen LogP contribution in [0.4, 0.5) is 34.8 Å². The lowest BCUT2D eigenvalue weighted by Gasteiger charge is -2.25. The third-order valence-electron chi connectivity index (χ3n) is 4.73. The van der Waals surface area contributed by atoms with Crippen molar-refractivity contribution in [2.24, 2.45) is 0 Å². The van der Waals surface area contributed by atoms with E-state index in [2.05, 4.69) is 10.3 Å². The molecule has 2 aromatic rings. The van der Waals surface area contributed by atoms with Crippen molar-refractivity contribution in [2.75, 3.05) is 23.4 Å². The molecule has 2 heterocycles. The first-order chi connectivity index (χ1) is 15.5. The molecule has 1 amide bonds. The highest BCUT2D eigenvalue weighted by Gasteiger charge is 2.36. The number of benzene rings is 1. The van der Waals surface area contributed by atoms with Gasteiger partial charge in [-0.3, -0.25) is 14.9 Å². The van der Waals surface area contributed by atoms with Crippen molar-refractivity contribution in [1.82, 2.24) is 4.98 Å². The van der Waals surface area contributed by atoms with E-state index in [1.54, 1.807) is 0 Å². The molecule has 1 aromatic carbocycles. The number of rotatable bonds is 6. The van der Waals surface area contributed by atoms with E-state index in [0.29, 0.717) is 18.7 Å². The molecule has 1 aliphatic heterocycles. The van der Waals surface area contributed by atoms with Gasteiger partial charge in [0.05, 0.1) is 21.2 Å². The van der Waals surface area contributed by atoms with Crippen LogP contribution in [0.5, 0.6) is 0 Å². The average molecular weight is 491 g/mol. The van der Waals surface area contributed by atoms with Crippen molar-refractivity contribution in [3.63, 3.8) is 0 Å². The molecule has 1 aromatic heterocycles. The zero-order valence-corrected chi connectivity index (χ0v) is 17.3. The van der Waals surface area contributed by atoms with Gasteiger partial charge in [0.2, 0.25) is 0 Å². The number of ether oxygens (including phenoxy) is 1. The Labute approximate surface area is 188 Å². The van der Waals surface area contributed by atoms with Crippen molar-refractivity contribution in [3.8, 4) is 0 Å². The molecule has 0 aliphatic carbocycles. The van der Waals surface area contributed by atoms with Gasteiger partial charge in [0.1, 0.15) is 17.7 Å². The lowest BCUT2D eigenvalue weighted by Crippen LogP contribution is -2.39. The monoisotopic (exact) mass is 490 g/mol. The molecule has 33 heavy (non-hydrogen) atoms. The number of nitrogens with zero attached hydrogens (tertiary/aromatic N) is 3. The Morgan fingerprint density at radius 2 is 2.06 bits per heavy atom. The van der Waals surface area contributed by atoms with Gasteiger partial charge in [0, 0.05) is 24.9 Å². The Morgan fingerprint density at radius 1 is 1.33 bits per heavy atom. The minimum atomic E-state index is -4.63. The molecule has 0 radical (unpaired) electrons. The van der Waals surface area contributed by atoms with Gasteiger partial charge in [0.25, 0.3) is 11.6 Å². The van der Waals surface area contributed by atoms with E-state index in [4.69, 9.17) is 16.3 Å². The van der Waals surface area contributed by atoms with Crippen molar-refractivity contribution in [2.45, 2.75) is 25.1 Å². The van der Waals surface area contributed by atoms with Crippen molar-refractivity contribution in [1.29, 1.82) is 0 Å². The van der Waals surface area contributed by atoms with Crippen LogP contribution in [0, 0.1) is 15.9 Å². The summed E-state index contributed by atoms with van der Waals surface area (Å²) in [7, 11) is 0.